The molecule has 0 bridgehead atoms. The van der Waals surface area contributed by atoms with Gasteiger partial charge < -0.3 is 23.4 Å². The van der Waals surface area contributed by atoms with E-state index in [1.54, 1.807) is 37.3 Å². The maximum atomic E-state index is 13.4. The van der Waals surface area contributed by atoms with Crippen molar-refractivity contribution in [3.05, 3.63) is 63.5 Å². The van der Waals surface area contributed by atoms with E-state index in [-0.39, 0.29) is 11.2 Å². The van der Waals surface area contributed by atoms with Crippen molar-refractivity contribution in [2.75, 3.05) is 53.2 Å². The second kappa shape index (κ2) is 10.7. The quantitative estimate of drug-likeness (QED) is 0.457. The Kier molecular flexibility index (Phi) is 7.22. The monoisotopic (exact) mass is 494 g/mol. The van der Waals surface area contributed by atoms with Gasteiger partial charge in [0.1, 0.15) is 29.6 Å². The Balaban J connectivity index is 1.34. The standard InChI is InChI=1S/C27H30N2O7/c1-18-25(36-20-6-4-19(5-7-20)27(31)32-2)24(30)21-8-9-23-22(26(21)35-18)16-29(17-34-23)11-3-10-28-12-14-33-15-13-28/h4-9H,3,10-17H2,1-2H3. The number of hydrogen-bond acceptors (Lipinski definition) is 9. The summed E-state index contributed by atoms with van der Waals surface area (Å²) >= 11 is 0. The lowest BCUT2D eigenvalue weighted by molar-refractivity contribution is 0.0330. The highest BCUT2D eigenvalue weighted by atomic mass is 16.5. The molecule has 9 heteroatoms. The zero-order valence-electron chi connectivity index (χ0n) is 20.6. The van der Waals surface area contributed by atoms with Crippen LogP contribution >= 0.6 is 0 Å². The van der Waals surface area contributed by atoms with Gasteiger partial charge in [0.2, 0.25) is 11.2 Å². The summed E-state index contributed by atoms with van der Waals surface area (Å²) < 4.78 is 28.2. The molecule has 0 unspecified atom stereocenters. The molecule has 3 aromatic rings. The molecule has 2 aromatic carbocycles. The average molecular weight is 495 g/mol. The fourth-order valence-corrected chi connectivity index (χ4v) is 4.60. The van der Waals surface area contributed by atoms with E-state index in [0.29, 0.717) is 41.3 Å². The van der Waals surface area contributed by atoms with Crippen LogP contribution in [0.5, 0.6) is 17.2 Å². The number of rotatable bonds is 7. The Labute approximate surface area is 209 Å². The van der Waals surface area contributed by atoms with Crippen molar-refractivity contribution in [1.82, 2.24) is 9.80 Å². The molecule has 0 saturated carbocycles. The predicted octanol–water partition coefficient (Wildman–Crippen LogP) is 3.55. The summed E-state index contributed by atoms with van der Waals surface area (Å²) in [6, 6.07) is 9.95. The van der Waals surface area contributed by atoms with E-state index in [1.807, 2.05) is 6.07 Å². The van der Waals surface area contributed by atoms with E-state index in [0.717, 1.165) is 57.1 Å². The van der Waals surface area contributed by atoms with E-state index >= 15 is 0 Å². The van der Waals surface area contributed by atoms with Crippen LogP contribution < -0.4 is 14.9 Å². The summed E-state index contributed by atoms with van der Waals surface area (Å²) in [6.45, 7) is 8.34. The molecular formula is C27H30N2O7. The summed E-state index contributed by atoms with van der Waals surface area (Å²) in [5, 5.41) is 0.444. The minimum Gasteiger partial charge on any atom is -0.478 e. The number of hydrogen-bond donors (Lipinski definition) is 0. The largest absolute Gasteiger partial charge is 0.478 e. The molecule has 0 atom stereocenters. The number of benzene rings is 2. The summed E-state index contributed by atoms with van der Waals surface area (Å²) in [7, 11) is 1.32. The number of fused-ring (bicyclic) bond motifs is 3. The molecule has 0 spiro atoms. The second-order valence-electron chi connectivity index (χ2n) is 8.99. The number of carbonyl (C=O) groups is 1. The average Bonchev–Trinajstić information content (AvgIpc) is 2.91. The highest BCUT2D eigenvalue weighted by molar-refractivity contribution is 5.89. The van der Waals surface area contributed by atoms with Crippen LogP contribution in [0.4, 0.5) is 0 Å². The predicted molar refractivity (Wildman–Crippen MR) is 133 cm³/mol. The zero-order chi connectivity index (χ0) is 25.1. The van der Waals surface area contributed by atoms with Crippen LogP contribution in [-0.2, 0) is 16.0 Å². The Morgan fingerprint density at radius 3 is 2.53 bits per heavy atom. The molecule has 1 aromatic heterocycles. The molecule has 5 rings (SSSR count). The SMILES string of the molecule is COC(=O)c1ccc(Oc2c(C)oc3c4c(ccc3c2=O)OCN(CCCN2CCOCC2)C4)cc1. The third-order valence-electron chi connectivity index (χ3n) is 6.58. The van der Waals surface area contributed by atoms with Crippen LogP contribution in [0, 0.1) is 6.92 Å². The maximum Gasteiger partial charge on any atom is 0.337 e. The van der Waals surface area contributed by atoms with E-state index in [4.69, 9.17) is 23.4 Å². The molecule has 190 valence electrons. The summed E-state index contributed by atoms with van der Waals surface area (Å²) in [5.41, 5.74) is 1.55. The van der Waals surface area contributed by atoms with Gasteiger partial charge in [-0.1, -0.05) is 0 Å². The molecule has 2 aliphatic heterocycles. The van der Waals surface area contributed by atoms with Crippen LogP contribution in [0.1, 0.15) is 28.1 Å². The second-order valence-corrected chi connectivity index (χ2v) is 8.99. The van der Waals surface area contributed by atoms with Crippen molar-refractivity contribution in [2.24, 2.45) is 0 Å². The van der Waals surface area contributed by atoms with Crippen LogP contribution in [-0.4, -0.2) is 69.0 Å². The Bertz CT molecular complexity index is 1300. The molecular weight excluding hydrogens is 464 g/mol. The first kappa shape index (κ1) is 24.3. The number of ether oxygens (including phenoxy) is 4. The van der Waals surface area contributed by atoms with E-state index in [1.165, 1.54) is 7.11 Å². The first-order valence-corrected chi connectivity index (χ1v) is 12.1. The minimum atomic E-state index is -0.440. The van der Waals surface area contributed by atoms with Crippen molar-refractivity contribution in [3.8, 4) is 17.2 Å². The van der Waals surface area contributed by atoms with E-state index < -0.39 is 5.97 Å². The Morgan fingerprint density at radius 2 is 1.78 bits per heavy atom. The van der Waals surface area contributed by atoms with Crippen molar-refractivity contribution in [2.45, 2.75) is 19.9 Å². The molecule has 2 aliphatic rings. The van der Waals surface area contributed by atoms with E-state index in [2.05, 4.69) is 9.80 Å². The van der Waals surface area contributed by atoms with Crippen LogP contribution in [0.15, 0.2) is 45.6 Å². The number of nitrogens with zero attached hydrogens (tertiary/aromatic N) is 2. The van der Waals surface area contributed by atoms with Gasteiger partial charge in [-0.2, -0.15) is 0 Å². The van der Waals surface area contributed by atoms with Crippen LogP contribution in [0.2, 0.25) is 0 Å². The number of methoxy groups -OCH3 is 1. The Morgan fingerprint density at radius 1 is 1.03 bits per heavy atom. The third-order valence-corrected chi connectivity index (χ3v) is 6.58. The summed E-state index contributed by atoms with van der Waals surface area (Å²) in [5.74, 6) is 1.21. The maximum absolute atomic E-state index is 13.4. The molecule has 1 fully saturated rings. The lowest BCUT2D eigenvalue weighted by Crippen LogP contribution is -2.39. The van der Waals surface area contributed by atoms with Crippen molar-refractivity contribution in [3.63, 3.8) is 0 Å². The third kappa shape index (κ3) is 5.09. The number of aryl methyl sites for hydroxylation is 1. The smallest absolute Gasteiger partial charge is 0.337 e. The molecule has 9 nitrogen and oxygen atoms in total. The fourth-order valence-electron chi connectivity index (χ4n) is 4.60. The number of esters is 1. The lowest BCUT2D eigenvalue weighted by atomic mass is 10.1. The molecule has 0 N–H and O–H groups in total. The van der Waals surface area contributed by atoms with Gasteiger partial charge in [0, 0.05) is 26.2 Å². The van der Waals surface area contributed by atoms with Crippen molar-refractivity contribution < 1.29 is 28.2 Å². The topological polar surface area (TPSA) is 90.7 Å². The molecule has 1 saturated heterocycles. The molecule has 0 radical (unpaired) electrons. The van der Waals surface area contributed by atoms with Crippen molar-refractivity contribution in [1.29, 1.82) is 0 Å². The molecule has 3 heterocycles. The van der Waals surface area contributed by atoms with Gasteiger partial charge in [0.15, 0.2) is 0 Å². The number of carbonyl (C=O) groups excluding carboxylic acids is 1. The lowest BCUT2D eigenvalue weighted by Gasteiger charge is -2.31. The van der Waals surface area contributed by atoms with Crippen LogP contribution in [0.3, 0.4) is 0 Å². The van der Waals surface area contributed by atoms with Gasteiger partial charge in [-0.3, -0.25) is 14.6 Å². The summed E-state index contributed by atoms with van der Waals surface area (Å²) in [6.07, 6.45) is 1.03. The number of morpholine rings is 1. The molecule has 36 heavy (non-hydrogen) atoms. The van der Waals surface area contributed by atoms with Crippen molar-refractivity contribution >= 4 is 16.9 Å². The fraction of sp³-hybridized carbons (Fsp3) is 0.407. The van der Waals surface area contributed by atoms with Gasteiger partial charge in [-0.15, -0.1) is 0 Å². The van der Waals surface area contributed by atoms with E-state index in [9.17, 15) is 9.59 Å². The molecule has 0 amide bonds. The minimum absolute atomic E-state index is 0.118. The van der Waals surface area contributed by atoms with Gasteiger partial charge in [0.25, 0.3) is 0 Å². The highest BCUT2D eigenvalue weighted by Crippen LogP contribution is 2.34. The first-order chi connectivity index (χ1) is 17.5. The first-order valence-electron chi connectivity index (χ1n) is 12.1. The normalized spacial score (nSPS) is 16.4. The van der Waals surface area contributed by atoms with Gasteiger partial charge in [0.05, 0.1) is 36.8 Å². The Hall–Kier alpha value is -3.40. The van der Waals surface area contributed by atoms with Gasteiger partial charge in [-0.25, -0.2) is 4.79 Å². The zero-order valence-corrected chi connectivity index (χ0v) is 20.6. The van der Waals surface area contributed by atoms with Gasteiger partial charge in [-0.05, 0) is 56.3 Å². The molecule has 0 aliphatic carbocycles. The van der Waals surface area contributed by atoms with Crippen LogP contribution in [0.25, 0.3) is 11.0 Å². The summed E-state index contributed by atoms with van der Waals surface area (Å²) in [4.78, 5) is 29.7. The highest BCUT2D eigenvalue weighted by Gasteiger charge is 2.24. The van der Waals surface area contributed by atoms with Gasteiger partial charge >= 0.3 is 5.97 Å².